The smallest absolute Gasteiger partial charge is 0.333 e. The molecule has 0 bridgehead atoms. The third-order valence-corrected chi connectivity index (χ3v) is 9.21. The summed E-state index contributed by atoms with van der Waals surface area (Å²) in [6.07, 6.45) is 3.93. The third-order valence-electron chi connectivity index (χ3n) is 6.27. The van der Waals surface area contributed by atoms with Crippen LogP contribution in [-0.4, -0.2) is 47.2 Å². The summed E-state index contributed by atoms with van der Waals surface area (Å²) in [5.41, 5.74) is 6.20. The summed E-state index contributed by atoms with van der Waals surface area (Å²) < 4.78 is 1.32. The zero-order valence-corrected chi connectivity index (χ0v) is 23.5. The number of hydrogen-bond acceptors (Lipinski definition) is 8. The van der Waals surface area contributed by atoms with E-state index >= 15 is 0 Å². The number of thiol groups is 1. The van der Waals surface area contributed by atoms with Crippen LogP contribution in [0.15, 0.2) is 52.8 Å². The average Bonchev–Trinajstić information content (AvgIpc) is 3.22. The van der Waals surface area contributed by atoms with Gasteiger partial charge in [-0.25, -0.2) is 4.79 Å². The Balaban J connectivity index is 1.40. The minimum Gasteiger partial charge on any atom is -0.344 e. The lowest BCUT2D eigenvalue weighted by molar-refractivity contribution is -0.197. The molecular weight excluding hydrogens is 525 g/mol. The standard InChI is InChI=1S/C28H32N2O4S3/c1-29-22-12-6-4-10-20(22)27(21-11-5-7-13-23(21)29)28(37-19-9-17-35)36-18-8-2-3-14-26(33)34-30-24(31)15-16-25(30)32/h4-7,10-13,35H,2-3,8-9,14-19H2,1H3. The number of anilines is 2. The van der Waals surface area contributed by atoms with Crippen molar-refractivity contribution in [1.82, 2.24) is 5.06 Å². The Labute approximate surface area is 232 Å². The van der Waals surface area contributed by atoms with Crippen LogP contribution in [0.2, 0.25) is 0 Å². The maximum atomic E-state index is 12.1. The van der Waals surface area contributed by atoms with E-state index in [1.54, 1.807) is 0 Å². The highest BCUT2D eigenvalue weighted by Gasteiger charge is 2.32. The zero-order chi connectivity index (χ0) is 26.2. The number of hydrogen-bond donors (Lipinski definition) is 1. The molecule has 2 aromatic carbocycles. The number of benzene rings is 2. The van der Waals surface area contributed by atoms with Gasteiger partial charge < -0.3 is 9.74 Å². The van der Waals surface area contributed by atoms with E-state index in [4.69, 9.17) is 4.84 Å². The van der Waals surface area contributed by atoms with E-state index in [0.29, 0.717) is 11.5 Å². The summed E-state index contributed by atoms with van der Waals surface area (Å²) >= 11 is 8.18. The number of nitrogens with zero attached hydrogens (tertiary/aromatic N) is 2. The minimum absolute atomic E-state index is 0.110. The van der Waals surface area contributed by atoms with Crippen LogP contribution in [-0.2, 0) is 19.2 Å². The molecule has 0 N–H and O–H groups in total. The molecule has 0 spiro atoms. The van der Waals surface area contributed by atoms with E-state index in [-0.39, 0.29) is 19.3 Å². The molecule has 2 aromatic rings. The molecule has 0 atom stereocenters. The van der Waals surface area contributed by atoms with Crippen LogP contribution in [0.5, 0.6) is 0 Å². The summed E-state index contributed by atoms with van der Waals surface area (Å²) in [4.78, 5) is 42.5. The van der Waals surface area contributed by atoms with Gasteiger partial charge in [-0.3, -0.25) is 9.59 Å². The highest BCUT2D eigenvalue weighted by atomic mass is 32.2. The van der Waals surface area contributed by atoms with Crippen molar-refractivity contribution in [2.75, 3.05) is 29.2 Å². The van der Waals surface area contributed by atoms with Crippen molar-refractivity contribution in [2.24, 2.45) is 0 Å². The van der Waals surface area contributed by atoms with Gasteiger partial charge in [0.25, 0.3) is 11.8 Å². The predicted octanol–water partition coefficient (Wildman–Crippen LogP) is 6.44. The van der Waals surface area contributed by atoms with Crippen LogP contribution in [0, 0.1) is 0 Å². The summed E-state index contributed by atoms with van der Waals surface area (Å²) in [6.45, 7) is 0. The van der Waals surface area contributed by atoms with Crippen molar-refractivity contribution in [3.63, 3.8) is 0 Å². The zero-order valence-electron chi connectivity index (χ0n) is 21.0. The van der Waals surface area contributed by atoms with Gasteiger partial charge in [0, 0.05) is 58.6 Å². The van der Waals surface area contributed by atoms with Crippen LogP contribution < -0.4 is 4.90 Å². The SMILES string of the molecule is CN1c2ccccc2C(=C(SCCCS)SCCCCCC(=O)ON2C(=O)CCC2=O)c2ccccc21. The van der Waals surface area contributed by atoms with Gasteiger partial charge >= 0.3 is 5.97 Å². The molecule has 6 nitrogen and oxygen atoms in total. The molecule has 0 aliphatic carbocycles. The average molecular weight is 557 g/mol. The fraction of sp³-hybridized carbons (Fsp3) is 0.393. The highest BCUT2D eigenvalue weighted by molar-refractivity contribution is 8.22. The minimum atomic E-state index is -0.527. The van der Waals surface area contributed by atoms with Crippen LogP contribution in [0.4, 0.5) is 11.4 Å². The fourth-order valence-corrected chi connectivity index (χ4v) is 7.33. The second-order valence-electron chi connectivity index (χ2n) is 8.89. The Morgan fingerprint density at radius 3 is 2.03 bits per heavy atom. The molecule has 0 radical (unpaired) electrons. The third kappa shape index (κ3) is 6.75. The largest absolute Gasteiger partial charge is 0.344 e. The molecule has 9 heteroatoms. The second kappa shape index (κ2) is 13.4. The molecule has 2 aliphatic rings. The van der Waals surface area contributed by atoms with Crippen molar-refractivity contribution >= 4 is 70.9 Å². The monoisotopic (exact) mass is 556 g/mol. The molecule has 37 heavy (non-hydrogen) atoms. The topological polar surface area (TPSA) is 66.9 Å². The van der Waals surface area contributed by atoms with E-state index in [2.05, 4.69) is 73.1 Å². The number of fused-ring (bicyclic) bond motifs is 2. The lowest BCUT2D eigenvalue weighted by Crippen LogP contribution is -2.31. The molecular formula is C28H32N2O4S3. The Bertz CT molecular complexity index is 1120. The molecule has 0 saturated carbocycles. The molecule has 196 valence electrons. The van der Waals surface area contributed by atoms with Crippen molar-refractivity contribution in [1.29, 1.82) is 0 Å². The lowest BCUT2D eigenvalue weighted by atomic mass is 9.92. The van der Waals surface area contributed by atoms with Crippen molar-refractivity contribution in [3.05, 3.63) is 63.9 Å². The number of hydroxylamine groups is 2. The number of para-hydroxylation sites is 2. The van der Waals surface area contributed by atoms with Crippen LogP contribution in [0.3, 0.4) is 0 Å². The van der Waals surface area contributed by atoms with E-state index in [0.717, 1.165) is 36.5 Å². The Morgan fingerprint density at radius 1 is 0.865 bits per heavy atom. The number of amides is 2. The molecule has 1 fully saturated rings. The lowest BCUT2D eigenvalue weighted by Gasteiger charge is -2.33. The normalized spacial score (nSPS) is 14.6. The first kappa shape index (κ1) is 27.7. The number of thioether (sulfide) groups is 2. The van der Waals surface area contributed by atoms with Crippen molar-refractivity contribution < 1.29 is 19.2 Å². The van der Waals surface area contributed by atoms with Crippen LogP contribution >= 0.6 is 36.2 Å². The number of rotatable bonds is 12. The number of imide groups is 1. The molecule has 0 unspecified atom stereocenters. The molecule has 4 rings (SSSR count). The summed E-state index contributed by atoms with van der Waals surface area (Å²) in [7, 11) is 2.12. The quantitative estimate of drug-likeness (QED) is 0.183. The summed E-state index contributed by atoms with van der Waals surface area (Å²) in [6, 6.07) is 17.1. The van der Waals surface area contributed by atoms with Gasteiger partial charge in [0.05, 0.1) is 0 Å². The highest BCUT2D eigenvalue weighted by Crippen LogP contribution is 2.49. The fourth-order valence-electron chi connectivity index (χ4n) is 4.38. The van der Waals surface area contributed by atoms with Gasteiger partial charge in [0.2, 0.25) is 0 Å². The Hall–Kier alpha value is -2.36. The van der Waals surface area contributed by atoms with Gasteiger partial charge in [-0.05, 0) is 48.7 Å². The van der Waals surface area contributed by atoms with Crippen LogP contribution in [0.25, 0.3) is 5.57 Å². The van der Waals surface area contributed by atoms with Crippen molar-refractivity contribution in [3.8, 4) is 0 Å². The number of carbonyl (C=O) groups is 3. The van der Waals surface area contributed by atoms with Gasteiger partial charge in [0.1, 0.15) is 0 Å². The van der Waals surface area contributed by atoms with Gasteiger partial charge in [-0.2, -0.15) is 12.6 Å². The molecule has 1 saturated heterocycles. The number of unbranched alkanes of at least 4 members (excludes halogenated alkanes) is 2. The first-order valence-corrected chi connectivity index (χ1v) is 15.2. The second-order valence-corrected chi connectivity index (χ2v) is 11.8. The Kier molecular flexibility index (Phi) is 10.1. The molecule has 0 aromatic heterocycles. The molecule has 2 aliphatic heterocycles. The molecule has 2 amide bonds. The number of carbonyl (C=O) groups excluding carboxylic acids is 3. The van der Waals surface area contributed by atoms with E-state index < -0.39 is 17.8 Å². The first-order chi connectivity index (χ1) is 18.0. The molecule has 2 heterocycles. The first-order valence-electron chi connectivity index (χ1n) is 12.6. The van der Waals surface area contributed by atoms with Crippen molar-refractivity contribution in [2.45, 2.75) is 44.9 Å². The summed E-state index contributed by atoms with van der Waals surface area (Å²) in [5, 5.41) is 0.621. The van der Waals surface area contributed by atoms with Gasteiger partial charge in [-0.15, -0.1) is 28.6 Å². The van der Waals surface area contributed by atoms with Gasteiger partial charge in [0.15, 0.2) is 0 Å². The van der Waals surface area contributed by atoms with E-state index in [1.807, 2.05) is 23.5 Å². The van der Waals surface area contributed by atoms with E-state index in [9.17, 15) is 14.4 Å². The maximum absolute atomic E-state index is 12.1. The predicted molar refractivity (Wildman–Crippen MR) is 156 cm³/mol. The maximum Gasteiger partial charge on any atom is 0.333 e. The van der Waals surface area contributed by atoms with Gasteiger partial charge in [-0.1, -0.05) is 42.8 Å². The van der Waals surface area contributed by atoms with E-state index in [1.165, 1.54) is 32.3 Å². The Morgan fingerprint density at radius 2 is 1.43 bits per heavy atom. The van der Waals surface area contributed by atoms with Crippen LogP contribution in [0.1, 0.15) is 56.1 Å². The summed E-state index contributed by atoms with van der Waals surface area (Å²) in [5.74, 6) is 1.40.